The topological polar surface area (TPSA) is 20.3 Å². The first-order valence-corrected chi connectivity index (χ1v) is 14.8. The predicted molar refractivity (Wildman–Crippen MR) is 139 cm³/mol. The summed E-state index contributed by atoms with van der Waals surface area (Å²) >= 11 is 0. The molecule has 1 aliphatic heterocycles. The summed E-state index contributed by atoms with van der Waals surface area (Å²) in [5.41, 5.74) is 2.28. The number of carbonyl (C=O) groups is 1. The summed E-state index contributed by atoms with van der Waals surface area (Å²) in [5.74, 6) is 5.83. The highest BCUT2D eigenvalue weighted by atomic mass is 16.2. The lowest BCUT2D eigenvalue weighted by Gasteiger charge is -2.62. The fourth-order valence-corrected chi connectivity index (χ4v) is 10.6. The molecule has 1 amide bonds. The van der Waals surface area contributed by atoms with E-state index in [4.69, 9.17) is 0 Å². The fourth-order valence-electron chi connectivity index (χ4n) is 10.6. The average molecular weight is 462 g/mol. The number of hydrogen-bond donors (Lipinski definition) is 0. The number of benzene rings is 1. The second-order valence-corrected chi connectivity index (χ2v) is 13.5. The van der Waals surface area contributed by atoms with Crippen molar-refractivity contribution in [1.29, 1.82) is 0 Å². The molecule has 2 heteroatoms. The molecule has 186 valence electrons. The van der Waals surface area contributed by atoms with Gasteiger partial charge in [0.1, 0.15) is 0 Å². The summed E-state index contributed by atoms with van der Waals surface area (Å²) in [6.45, 7) is 9.45. The van der Waals surface area contributed by atoms with Crippen molar-refractivity contribution < 1.29 is 4.79 Å². The van der Waals surface area contributed by atoms with Gasteiger partial charge in [-0.15, -0.1) is 0 Å². The highest BCUT2D eigenvalue weighted by Gasteiger charge is 2.62. The van der Waals surface area contributed by atoms with E-state index in [1.54, 1.807) is 0 Å². The number of hydrogen-bond acceptors (Lipinski definition) is 1. The van der Waals surface area contributed by atoms with Gasteiger partial charge in [-0.2, -0.15) is 0 Å². The molecule has 6 rings (SSSR count). The van der Waals surface area contributed by atoms with Crippen LogP contribution in [0.4, 0.5) is 0 Å². The van der Waals surface area contributed by atoms with E-state index in [-0.39, 0.29) is 11.3 Å². The molecular formula is C32H47NO. The minimum absolute atomic E-state index is 0.243. The van der Waals surface area contributed by atoms with Crippen LogP contribution in [0.25, 0.3) is 0 Å². The Morgan fingerprint density at radius 3 is 2.59 bits per heavy atom. The van der Waals surface area contributed by atoms with Crippen molar-refractivity contribution in [3.63, 3.8) is 0 Å². The van der Waals surface area contributed by atoms with Crippen LogP contribution in [0.5, 0.6) is 0 Å². The molecule has 34 heavy (non-hydrogen) atoms. The molecule has 2 nitrogen and oxygen atoms in total. The summed E-state index contributed by atoms with van der Waals surface area (Å²) < 4.78 is 0. The Morgan fingerprint density at radius 2 is 1.79 bits per heavy atom. The highest BCUT2D eigenvalue weighted by Crippen LogP contribution is 2.68. The number of likely N-dealkylation sites (tertiary alicyclic amines) is 1. The van der Waals surface area contributed by atoms with Gasteiger partial charge in [0.15, 0.2) is 0 Å². The van der Waals surface area contributed by atoms with E-state index >= 15 is 0 Å². The maximum Gasteiger partial charge on any atom is 0.226 e. The van der Waals surface area contributed by atoms with Crippen LogP contribution in [0.1, 0.15) is 103 Å². The number of carbonyl (C=O) groups excluding carboxylic acids is 1. The van der Waals surface area contributed by atoms with Gasteiger partial charge >= 0.3 is 0 Å². The third-order valence-corrected chi connectivity index (χ3v) is 12.4. The van der Waals surface area contributed by atoms with Gasteiger partial charge in [0, 0.05) is 24.9 Å². The predicted octanol–water partition coefficient (Wildman–Crippen LogP) is 7.69. The Morgan fingerprint density at radius 1 is 0.971 bits per heavy atom. The Kier molecular flexibility index (Phi) is 5.89. The van der Waals surface area contributed by atoms with E-state index in [0.717, 1.165) is 55.5 Å². The van der Waals surface area contributed by atoms with Gasteiger partial charge in [-0.3, -0.25) is 4.79 Å². The molecule has 5 fully saturated rings. The molecule has 1 saturated heterocycles. The first kappa shape index (κ1) is 23.1. The molecule has 0 spiro atoms. The van der Waals surface area contributed by atoms with Gasteiger partial charge in [-0.25, -0.2) is 0 Å². The minimum atomic E-state index is 0.243. The van der Waals surface area contributed by atoms with E-state index < -0.39 is 0 Å². The lowest BCUT2D eigenvalue weighted by Crippen LogP contribution is -2.55. The average Bonchev–Trinajstić information content (AvgIpc) is 3.49. The first-order valence-electron chi connectivity index (χ1n) is 14.8. The van der Waals surface area contributed by atoms with E-state index in [0.29, 0.717) is 17.2 Å². The molecule has 0 radical (unpaired) electrons. The molecule has 9 atom stereocenters. The summed E-state index contributed by atoms with van der Waals surface area (Å²) in [6.07, 6.45) is 15.0. The van der Waals surface area contributed by atoms with Crippen molar-refractivity contribution >= 4 is 5.91 Å². The smallest absolute Gasteiger partial charge is 0.226 e. The molecule has 5 aliphatic rings. The van der Waals surface area contributed by atoms with Crippen molar-refractivity contribution in [2.75, 3.05) is 13.1 Å². The second-order valence-electron chi connectivity index (χ2n) is 13.5. The summed E-state index contributed by atoms with van der Waals surface area (Å²) in [4.78, 5) is 16.2. The third-order valence-electron chi connectivity index (χ3n) is 12.4. The highest BCUT2D eigenvalue weighted by molar-refractivity contribution is 5.80. The van der Waals surface area contributed by atoms with E-state index in [9.17, 15) is 4.79 Å². The molecule has 8 unspecified atom stereocenters. The monoisotopic (exact) mass is 461 g/mol. The van der Waals surface area contributed by atoms with Gasteiger partial charge < -0.3 is 4.90 Å². The quantitative estimate of drug-likeness (QED) is 0.452. The molecule has 0 N–H and O–H groups in total. The normalized spacial score (nSPS) is 46.0. The van der Waals surface area contributed by atoms with Crippen LogP contribution >= 0.6 is 0 Å². The van der Waals surface area contributed by atoms with Gasteiger partial charge in [0.2, 0.25) is 5.91 Å². The zero-order valence-corrected chi connectivity index (χ0v) is 22.0. The van der Waals surface area contributed by atoms with Gasteiger partial charge in [0.05, 0.1) is 0 Å². The molecule has 1 heterocycles. The fraction of sp³-hybridized carbons (Fsp3) is 0.781. The SMILES string of the molecule is CCC12CCC(C)CC1CCC1C3CCC(C(=O)N4CC[C@@H](c5ccccc5)C4)C3(C)CCC12. The van der Waals surface area contributed by atoms with Crippen molar-refractivity contribution in [2.45, 2.75) is 97.3 Å². The van der Waals surface area contributed by atoms with E-state index in [1.165, 1.54) is 63.4 Å². The first-order chi connectivity index (χ1) is 16.5. The lowest BCUT2D eigenvalue weighted by molar-refractivity contribution is -0.148. The molecule has 4 aliphatic carbocycles. The Hall–Kier alpha value is -1.31. The van der Waals surface area contributed by atoms with Crippen molar-refractivity contribution in [2.24, 2.45) is 46.3 Å². The van der Waals surface area contributed by atoms with Gasteiger partial charge in [-0.1, -0.05) is 57.5 Å². The summed E-state index contributed by atoms with van der Waals surface area (Å²) in [5, 5.41) is 0. The van der Waals surface area contributed by atoms with Gasteiger partial charge in [0.25, 0.3) is 0 Å². The molecule has 1 aromatic carbocycles. The minimum Gasteiger partial charge on any atom is -0.342 e. The van der Waals surface area contributed by atoms with Crippen molar-refractivity contribution in [3.8, 4) is 0 Å². The maximum absolute atomic E-state index is 14.0. The zero-order valence-electron chi connectivity index (χ0n) is 22.0. The maximum atomic E-state index is 14.0. The number of nitrogens with zero attached hydrogens (tertiary/aromatic N) is 1. The Labute approximate surface area is 208 Å². The van der Waals surface area contributed by atoms with Crippen LogP contribution in [-0.2, 0) is 4.79 Å². The van der Waals surface area contributed by atoms with Crippen molar-refractivity contribution in [1.82, 2.24) is 4.90 Å². The van der Waals surface area contributed by atoms with Crippen LogP contribution in [0.2, 0.25) is 0 Å². The summed E-state index contributed by atoms with van der Waals surface area (Å²) in [7, 11) is 0. The standard InChI is InChI=1S/C32H47NO/c1-4-32-18-14-22(2)20-25(32)10-11-26-27-12-13-29(31(27,3)17-15-28(26)32)30(34)33-19-16-24(21-33)23-8-6-5-7-9-23/h5-9,22,24-29H,4,10-21H2,1-3H3/t22?,24-,25?,26?,27?,28?,29?,31?,32?/m1/s1. The largest absolute Gasteiger partial charge is 0.342 e. The van der Waals surface area contributed by atoms with Crippen LogP contribution in [-0.4, -0.2) is 23.9 Å². The van der Waals surface area contributed by atoms with Gasteiger partial charge in [-0.05, 0) is 110 Å². The zero-order chi connectivity index (χ0) is 23.5. The molecule has 0 aromatic heterocycles. The van der Waals surface area contributed by atoms with Crippen LogP contribution < -0.4 is 0 Å². The number of amides is 1. The van der Waals surface area contributed by atoms with E-state index in [2.05, 4.69) is 56.0 Å². The molecular weight excluding hydrogens is 414 g/mol. The molecule has 0 bridgehead atoms. The lowest BCUT2D eigenvalue weighted by atomic mass is 9.43. The Bertz CT molecular complexity index is 896. The third kappa shape index (κ3) is 3.44. The number of fused-ring (bicyclic) bond motifs is 5. The van der Waals surface area contributed by atoms with Crippen LogP contribution in [0.3, 0.4) is 0 Å². The molecule has 1 aromatic rings. The van der Waals surface area contributed by atoms with Crippen LogP contribution in [0, 0.1) is 46.3 Å². The van der Waals surface area contributed by atoms with Crippen LogP contribution in [0.15, 0.2) is 30.3 Å². The Balaban J connectivity index is 1.19. The van der Waals surface area contributed by atoms with Crippen molar-refractivity contribution in [3.05, 3.63) is 35.9 Å². The van der Waals surface area contributed by atoms with E-state index in [1.807, 2.05) is 0 Å². The number of rotatable bonds is 3. The molecule has 4 saturated carbocycles. The second kappa shape index (κ2) is 8.67. The summed E-state index contributed by atoms with van der Waals surface area (Å²) in [6, 6.07) is 10.9.